The summed E-state index contributed by atoms with van der Waals surface area (Å²) in [6, 6.07) is 25.8. The molecule has 1 N–H and O–H groups in total. The van der Waals surface area contributed by atoms with E-state index in [1.165, 1.54) is 0 Å². The van der Waals surface area contributed by atoms with Crippen LogP contribution in [0.25, 0.3) is 0 Å². The number of unbranched alkanes of at least 4 members (excludes halogenated alkanes) is 1. The number of anilines is 1. The largest absolute Gasteiger partial charge is 0.494 e. The molecular formula is C25H26N2O2. The van der Waals surface area contributed by atoms with Gasteiger partial charge in [0.05, 0.1) is 12.2 Å². The van der Waals surface area contributed by atoms with Gasteiger partial charge >= 0.3 is 0 Å². The lowest BCUT2D eigenvalue weighted by molar-refractivity contribution is 0.0666. The number of rotatable bonds is 7. The van der Waals surface area contributed by atoms with E-state index in [9.17, 15) is 4.79 Å². The van der Waals surface area contributed by atoms with Gasteiger partial charge in [-0.3, -0.25) is 4.79 Å². The van der Waals surface area contributed by atoms with Crippen molar-refractivity contribution >= 4 is 11.6 Å². The van der Waals surface area contributed by atoms with Crippen molar-refractivity contribution in [1.82, 2.24) is 4.90 Å². The lowest BCUT2D eigenvalue weighted by Gasteiger charge is -2.38. The van der Waals surface area contributed by atoms with Crippen molar-refractivity contribution in [2.24, 2.45) is 0 Å². The van der Waals surface area contributed by atoms with E-state index in [1.807, 2.05) is 71.6 Å². The monoisotopic (exact) mass is 386 g/mol. The second-order valence-corrected chi connectivity index (χ2v) is 7.29. The first-order valence-corrected chi connectivity index (χ1v) is 10.2. The fraction of sp³-hybridized carbons (Fsp3) is 0.240. The van der Waals surface area contributed by atoms with Crippen LogP contribution in [0.5, 0.6) is 5.75 Å². The SMILES string of the molecule is CCCCOc1cccc(C2Nc3ccccc3C(=O)N2Cc2ccccc2)c1. The predicted molar refractivity (Wildman–Crippen MR) is 116 cm³/mol. The van der Waals surface area contributed by atoms with Crippen LogP contribution < -0.4 is 10.1 Å². The fourth-order valence-corrected chi connectivity index (χ4v) is 3.61. The summed E-state index contributed by atoms with van der Waals surface area (Å²) in [6.45, 7) is 3.39. The number of nitrogens with one attached hydrogen (secondary N) is 1. The minimum absolute atomic E-state index is 0.0329. The van der Waals surface area contributed by atoms with E-state index in [4.69, 9.17) is 4.74 Å². The van der Waals surface area contributed by atoms with Gasteiger partial charge in [-0.15, -0.1) is 0 Å². The molecule has 0 radical (unpaired) electrons. The molecule has 0 saturated heterocycles. The molecule has 3 aromatic carbocycles. The molecule has 1 aliphatic rings. The highest BCUT2D eigenvalue weighted by Crippen LogP contribution is 2.35. The molecule has 148 valence electrons. The third-order valence-corrected chi connectivity index (χ3v) is 5.16. The average Bonchev–Trinajstić information content (AvgIpc) is 2.77. The summed E-state index contributed by atoms with van der Waals surface area (Å²) in [6.07, 6.45) is 1.87. The number of para-hydroxylation sites is 1. The number of ether oxygens (including phenoxy) is 1. The maximum Gasteiger partial charge on any atom is 0.258 e. The zero-order valence-electron chi connectivity index (χ0n) is 16.7. The molecule has 1 amide bonds. The Bertz CT molecular complexity index is 971. The quantitative estimate of drug-likeness (QED) is 0.535. The molecule has 1 unspecified atom stereocenters. The highest BCUT2D eigenvalue weighted by Gasteiger charge is 2.32. The van der Waals surface area contributed by atoms with Gasteiger partial charge in [-0.25, -0.2) is 0 Å². The van der Waals surface area contributed by atoms with Crippen LogP contribution in [0.15, 0.2) is 78.9 Å². The molecule has 3 aromatic rings. The average molecular weight is 386 g/mol. The van der Waals surface area contributed by atoms with Crippen molar-refractivity contribution in [2.45, 2.75) is 32.5 Å². The first-order chi connectivity index (χ1) is 14.3. The first kappa shape index (κ1) is 19.1. The summed E-state index contributed by atoms with van der Waals surface area (Å²) in [7, 11) is 0. The molecule has 29 heavy (non-hydrogen) atoms. The highest BCUT2D eigenvalue weighted by atomic mass is 16.5. The molecule has 0 spiro atoms. The number of fused-ring (bicyclic) bond motifs is 1. The Morgan fingerprint density at radius 1 is 0.966 bits per heavy atom. The van der Waals surface area contributed by atoms with E-state index in [2.05, 4.69) is 24.4 Å². The van der Waals surface area contributed by atoms with Crippen molar-refractivity contribution in [2.75, 3.05) is 11.9 Å². The third kappa shape index (κ3) is 4.27. The number of benzene rings is 3. The van der Waals surface area contributed by atoms with Gasteiger partial charge in [0.25, 0.3) is 5.91 Å². The van der Waals surface area contributed by atoms with Gasteiger partial charge in [-0.05, 0) is 41.8 Å². The first-order valence-electron chi connectivity index (χ1n) is 10.2. The van der Waals surface area contributed by atoms with Gasteiger partial charge in [-0.2, -0.15) is 0 Å². The molecular weight excluding hydrogens is 360 g/mol. The number of amides is 1. The number of hydrogen-bond acceptors (Lipinski definition) is 3. The van der Waals surface area contributed by atoms with Gasteiger partial charge < -0.3 is 15.0 Å². The van der Waals surface area contributed by atoms with E-state index in [-0.39, 0.29) is 12.1 Å². The van der Waals surface area contributed by atoms with E-state index in [0.29, 0.717) is 18.7 Å². The minimum atomic E-state index is -0.257. The summed E-state index contributed by atoms with van der Waals surface area (Å²) < 4.78 is 5.90. The summed E-state index contributed by atoms with van der Waals surface area (Å²) in [5.41, 5.74) is 3.68. The van der Waals surface area contributed by atoms with Crippen LogP contribution in [-0.4, -0.2) is 17.4 Å². The summed E-state index contributed by atoms with van der Waals surface area (Å²) in [5, 5.41) is 3.56. The number of carbonyl (C=O) groups is 1. The van der Waals surface area contributed by atoms with Gasteiger partial charge in [0.15, 0.2) is 0 Å². The highest BCUT2D eigenvalue weighted by molar-refractivity contribution is 6.01. The molecule has 4 nitrogen and oxygen atoms in total. The van der Waals surface area contributed by atoms with Crippen LogP contribution in [0.3, 0.4) is 0 Å². The lowest BCUT2D eigenvalue weighted by Crippen LogP contribution is -2.42. The zero-order valence-corrected chi connectivity index (χ0v) is 16.7. The zero-order chi connectivity index (χ0) is 20.1. The predicted octanol–water partition coefficient (Wildman–Crippen LogP) is 5.63. The van der Waals surface area contributed by atoms with Crippen molar-refractivity contribution in [1.29, 1.82) is 0 Å². The van der Waals surface area contributed by atoms with Gasteiger partial charge in [0, 0.05) is 12.2 Å². The molecule has 0 bridgehead atoms. The summed E-state index contributed by atoms with van der Waals surface area (Å²) in [5.74, 6) is 0.870. The number of nitrogens with zero attached hydrogens (tertiary/aromatic N) is 1. The van der Waals surface area contributed by atoms with Crippen LogP contribution in [-0.2, 0) is 6.54 Å². The van der Waals surface area contributed by atoms with Crippen molar-refractivity contribution in [3.8, 4) is 5.75 Å². The van der Waals surface area contributed by atoms with E-state index in [1.54, 1.807) is 0 Å². The van der Waals surface area contributed by atoms with Crippen LogP contribution in [0.2, 0.25) is 0 Å². The second kappa shape index (κ2) is 8.82. The van der Waals surface area contributed by atoms with Crippen LogP contribution in [0, 0.1) is 0 Å². The Labute approximate surface area is 172 Å². The van der Waals surface area contributed by atoms with Crippen LogP contribution in [0.4, 0.5) is 5.69 Å². The topological polar surface area (TPSA) is 41.6 Å². The Morgan fingerprint density at radius 2 is 1.76 bits per heavy atom. The van der Waals surface area contributed by atoms with Crippen molar-refractivity contribution in [3.63, 3.8) is 0 Å². The van der Waals surface area contributed by atoms with Crippen LogP contribution in [0.1, 0.15) is 47.4 Å². The molecule has 0 aliphatic carbocycles. The van der Waals surface area contributed by atoms with Crippen molar-refractivity contribution in [3.05, 3.63) is 95.6 Å². The molecule has 4 heteroatoms. The van der Waals surface area contributed by atoms with Gasteiger partial charge in [0.2, 0.25) is 0 Å². The number of hydrogen-bond donors (Lipinski definition) is 1. The van der Waals surface area contributed by atoms with Gasteiger partial charge in [-0.1, -0.05) is 67.9 Å². The lowest BCUT2D eigenvalue weighted by atomic mass is 10.0. The van der Waals surface area contributed by atoms with E-state index in [0.717, 1.165) is 35.4 Å². The molecule has 4 rings (SSSR count). The fourth-order valence-electron chi connectivity index (χ4n) is 3.61. The molecule has 0 aromatic heterocycles. The Morgan fingerprint density at radius 3 is 2.59 bits per heavy atom. The Balaban J connectivity index is 1.67. The maximum absolute atomic E-state index is 13.4. The van der Waals surface area contributed by atoms with Crippen molar-refractivity contribution < 1.29 is 9.53 Å². The smallest absolute Gasteiger partial charge is 0.258 e. The second-order valence-electron chi connectivity index (χ2n) is 7.29. The molecule has 1 aliphatic heterocycles. The van der Waals surface area contributed by atoms with Gasteiger partial charge in [0.1, 0.15) is 11.9 Å². The normalized spacial score (nSPS) is 15.6. The van der Waals surface area contributed by atoms with E-state index < -0.39 is 0 Å². The van der Waals surface area contributed by atoms with E-state index >= 15 is 0 Å². The Hall–Kier alpha value is -3.27. The maximum atomic E-state index is 13.4. The standard InChI is InChI=1S/C25H26N2O2/c1-2-3-16-29-21-13-9-12-20(17-21)24-26-23-15-8-7-14-22(23)25(28)27(24)18-19-10-5-4-6-11-19/h4-15,17,24,26H,2-3,16,18H2,1H3. The summed E-state index contributed by atoms with van der Waals surface area (Å²) >= 11 is 0. The molecule has 0 fully saturated rings. The van der Waals surface area contributed by atoms with Crippen LogP contribution >= 0.6 is 0 Å². The molecule has 0 saturated carbocycles. The third-order valence-electron chi connectivity index (χ3n) is 5.16. The number of carbonyl (C=O) groups excluding carboxylic acids is 1. The molecule has 1 heterocycles. The minimum Gasteiger partial charge on any atom is -0.494 e. The summed E-state index contributed by atoms with van der Waals surface area (Å²) in [4.78, 5) is 15.2. The Kier molecular flexibility index (Phi) is 5.80. The molecule has 1 atom stereocenters.